The number of benzene rings is 1. The lowest BCUT2D eigenvalue weighted by atomic mass is 10.0. The van der Waals surface area contributed by atoms with Crippen molar-refractivity contribution in [3.8, 4) is 22.4 Å². The Kier molecular flexibility index (Phi) is 7.69. The van der Waals surface area contributed by atoms with Gasteiger partial charge in [0.1, 0.15) is 6.04 Å². The first-order valence-corrected chi connectivity index (χ1v) is 12.1. The van der Waals surface area contributed by atoms with Gasteiger partial charge in [-0.3, -0.25) is 14.6 Å². The molecular weight excluding hydrogens is 460 g/mol. The maximum absolute atomic E-state index is 13.1. The summed E-state index contributed by atoms with van der Waals surface area (Å²) in [6.45, 7) is 0.651. The van der Waals surface area contributed by atoms with E-state index in [-0.39, 0.29) is 11.8 Å². The van der Waals surface area contributed by atoms with Crippen LogP contribution in [0.5, 0.6) is 0 Å². The fourth-order valence-electron chi connectivity index (χ4n) is 3.59. The van der Waals surface area contributed by atoms with Crippen molar-refractivity contribution in [3.05, 3.63) is 78.2 Å². The van der Waals surface area contributed by atoms with Crippen LogP contribution in [0.1, 0.15) is 16.8 Å². The number of carbonyl (C=O) groups excluding carboxylic acids is 2. The van der Waals surface area contributed by atoms with Gasteiger partial charge in [0.05, 0.1) is 11.3 Å². The van der Waals surface area contributed by atoms with Crippen molar-refractivity contribution in [3.63, 3.8) is 0 Å². The monoisotopic (exact) mass is 488 g/mol. The maximum Gasteiger partial charge on any atom is 0.253 e. The van der Waals surface area contributed by atoms with E-state index in [9.17, 15) is 9.59 Å². The van der Waals surface area contributed by atoms with E-state index < -0.39 is 6.04 Å². The normalized spacial score (nSPS) is 11.9. The Labute approximate surface area is 208 Å². The second-order valence-electron chi connectivity index (χ2n) is 8.53. The topological polar surface area (TPSA) is 92.2 Å². The maximum atomic E-state index is 13.1. The minimum atomic E-state index is -0.688. The summed E-state index contributed by atoms with van der Waals surface area (Å²) in [6.07, 6.45) is 7.53. The minimum Gasteiger partial charge on any atom is -0.356 e. The Bertz CT molecular complexity index is 1300. The van der Waals surface area contributed by atoms with Crippen LogP contribution in [0.2, 0.25) is 0 Å². The molecule has 0 spiro atoms. The Morgan fingerprint density at radius 1 is 1.09 bits per heavy atom. The van der Waals surface area contributed by atoms with Crippen molar-refractivity contribution >= 4 is 28.3 Å². The number of nitrogens with zero attached hydrogens (tertiary/aromatic N) is 4. The van der Waals surface area contributed by atoms with Crippen LogP contribution in [-0.4, -0.2) is 57.9 Å². The van der Waals surface area contributed by atoms with Gasteiger partial charge in [0.2, 0.25) is 5.91 Å². The van der Waals surface area contributed by atoms with Gasteiger partial charge in [0.25, 0.3) is 5.91 Å². The first kappa shape index (κ1) is 24.3. The van der Waals surface area contributed by atoms with Crippen molar-refractivity contribution in [2.75, 3.05) is 26.0 Å². The third kappa shape index (κ3) is 6.40. The van der Waals surface area contributed by atoms with Gasteiger partial charge in [0.15, 0.2) is 5.13 Å². The fourth-order valence-corrected chi connectivity index (χ4v) is 4.32. The van der Waals surface area contributed by atoms with Crippen molar-refractivity contribution in [2.24, 2.45) is 7.05 Å². The summed E-state index contributed by atoms with van der Waals surface area (Å²) in [7, 11) is 5.71. The van der Waals surface area contributed by atoms with Gasteiger partial charge < -0.3 is 20.1 Å². The van der Waals surface area contributed by atoms with E-state index in [0.717, 1.165) is 22.4 Å². The van der Waals surface area contributed by atoms with Gasteiger partial charge in [-0.1, -0.05) is 18.2 Å². The second-order valence-corrected chi connectivity index (χ2v) is 9.39. The van der Waals surface area contributed by atoms with Crippen LogP contribution >= 0.6 is 11.3 Å². The number of aromatic nitrogens is 3. The molecule has 2 N–H and O–H groups in total. The Morgan fingerprint density at radius 2 is 1.86 bits per heavy atom. The average molecular weight is 489 g/mol. The zero-order valence-corrected chi connectivity index (χ0v) is 20.7. The number of rotatable bonds is 9. The standard InChI is InChI=1S/C26H28N6O2S/c1-31(2)13-10-22(28-24(33)21-9-14-32(3)16-21)25(34)30-26-29-23(17-35-26)20-6-4-5-19(15-20)18-7-11-27-12-8-18/h4-9,11-12,14-17,22H,10,13H2,1-3H3,(H,28,33)(H,29,30,34)/t22-/m1/s1. The van der Waals surface area contributed by atoms with Gasteiger partial charge in [-0.05, 0) is 62.5 Å². The molecule has 1 atom stereocenters. The molecular formula is C26H28N6O2S. The number of carbonyl (C=O) groups is 2. The third-order valence-electron chi connectivity index (χ3n) is 5.49. The van der Waals surface area contributed by atoms with E-state index in [2.05, 4.69) is 26.7 Å². The Morgan fingerprint density at radius 3 is 2.57 bits per heavy atom. The lowest BCUT2D eigenvalue weighted by molar-refractivity contribution is -0.118. The lowest BCUT2D eigenvalue weighted by Gasteiger charge is -2.19. The highest BCUT2D eigenvalue weighted by Crippen LogP contribution is 2.28. The van der Waals surface area contributed by atoms with Crippen molar-refractivity contribution in [2.45, 2.75) is 12.5 Å². The molecule has 3 aromatic heterocycles. The number of thiazole rings is 1. The highest BCUT2D eigenvalue weighted by molar-refractivity contribution is 7.14. The van der Waals surface area contributed by atoms with E-state index in [1.165, 1.54) is 11.3 Å². The number of aryl methyl sites for hydroxylation is 1. The van der Waals surface area contributed by atoms with E-state index in [4.69, 9.17) is 0 Å². The van der Waals surface area contributed by atoms with E-state index in [1.54, 1.807) is 35.4 Å². The molecule has 0 unspecified atom stereocenters. The quantitative estimate of drug-likeness (QED) is 0.373. The van der Waals surface area contributed by atoms with Crippen LogP contribution in [0, 0.1) is 0 Å². The molecule has 0 bridgehead atoms. The first-order chi connectivity index (χ1) is 16.9. The summed E-state index contributed by atoms with van der Waals surface area (Å²) in [5, 5.41) is 8.16. The molecule has 2 amide bonds. The molecule has 0 aliphatic rings. The second kappa shape index (κ2) is 11.1. The molecule has 0 aliphatic carbocycles. The van der Waals surface area contributed by atoms with Crippen LogP contribution in [0.4, 0.5) is 5.13 Å². The number of hydrogen-bond acceptors (Lipinski definition) is 6. The van der Waals surface area contributed by atoms with Gasteiger partial charge in [0, 0.05) is 42.8 Å². The van der Waals surface area contributed by atoms with Crippen LogP contribution in [0.3, 0.4) is 0 Å². The van der Waals surface area contributed by atoms with Crippen molar-refractivity contribution in [1.29, 1.82) is 0 Å². The largest absolute Gasteiger partial charge is 0.356 e. The summed E-state index contributed by atoms with van der Waals surface area (Å²) in [5.74, 6) is -0.570. The molecule has 4 rings (SSSR count). The summed E-state index contributed by atoms with van der Waals surface area (Å²) in [4.78, 5) is 36.4. The highest BCUT2D eigenvalue weighted by Gasteiger charge is 2.23. The lowest BCUT2D eigenvalue weighted by Crippen LogP contribution is -2.45. The summed E-state index contributed by atoms with van der Waals surface area (Å²) in [6, 6.07) is 13.0. The van der Waals surface area contributed by atoms with E-state index >= 15 is 0 Å². The molecule has 4 aromatic rings. The highest BCUT2D eigenvalue weighted by atomic mass is 32.1. The molecule has 0 fully saturated rings. The van der Waals surface area contributed by atoms with Crippen LogP contribution in [0.15, 0.2) is 72.6 Å². The molecule has 0 saturated heterocycles. The molecule has 8 nitrogen and oxygen atoms in total. The Hall–Kier alpha value is -3.82. The number of hydrogen-bond donors (Lipinski definition) is 2. The summed E-state index contributed by atoms with van der Waals surface area (Å²) >= 11 is 1.36. The smallest absolute Gasteiger partial charge is 0.253 e. The van der Waals surface area contributed by atoms with Crippen molar-refractivity contribution in [1.82, 2.24) is 24.8 Å². The molecule has 180 valence electrons. The molecule has 0 aliphatic heterocycles. The van der Waals surface area contributed by atoms with Gasteiger partial charge in [-0.25, -0.2) is 4.98 Å². The van der Waals surface area contributed by atoms with Crippen LogP contribution < -0.4 is 10.6 Å². The molecule has 0 saturated carbocycles. The Balaban J connectivity index is 1.47. The SMILES string of the molecule is CN(C)CC[C@@H](NC(=O)c1ccn(C)c1)C(=O)Nc1nc(-c2cccc(-c3ccncc3)c2)cs1. The van der Waals surface area contributed by atoms with Crippen molar-refractivity contribution < 1.29 is 9.59 Å². The van der Waals surface area contributed by atoms with E-state index in [1.807, 2.05) is 61.8 Å². The predicted octanol–water partition coefficient (Wildman–Crippen LogP) is 3.90. The van der Waals surface area contributed by atoms with Crippen LogP contribution in [0.25, 0.3) is 22.4 Å². The van der Waals surface area contributed by atoms with Gasteiger partial charge in [-0.2, -0.15) is 0 Å². The minimum absolute atomic E-state index is 0.280. The van der Waals surface area contributed by atoms with Gasteiger partial charge >= 0.3 is 0 Å². The summed E-state index contributed by atoms with van der Waals surface area (Å²) < 4.78 is 1.80. The molecule has 1 aromatic carbocycles. The predicted molar refractivity (Wildman–Crippen MR) is 139 cm³/mol. The molecule has 35 heavy (non-hydrogen) atoms. The van der Waals surface area contributed by atoms with Crippen LogP contribution in [-0.2, 0) is 11.8 Å². The average Bonchev–Trinajstić information content (AvgIpc) is 3.51. The zero-order chi connectivity index (χ0) is 24.8. The number of amides is 2. The number of pyridine rings is 1. The number of anilines is 1. The molecule has 3 heterocycles. The number of nitrogens with one attached hydrogen (secondary N) is 2. The molecule has 0 radical (unpaired) electrons. The first-order valence-electron chi connectivity index (χ1n) is 11.2. The third-order valence-corrected chi connectivity index (χ3v) is 6.24. The fraction of sp³-hybridized carbons (Fsp3) is 0.231. The van der Waals surface area contributed by atoms with Gasteiger partial charge in [-0.15, -0.1) is 11.3 Å². The van der Waals surface area contributed by atoms with E-state index in [0.29, 0.717) is 23.7 Å². The zero-order valence-electron chi connectivity index (χ0n) is 19.9. The molecule has 9 heteroatoms. The summed E-state index contributed by atoms with van der Waals surface area (Å²) in [5.41, 5.74) is 4.39.